The van der Waals surface area contributed by atoms with Crippen molar-refractivity contribution in [2.75, 3.05) is 6.61 Å². The highest BCUT2D eigenvalue weighted by molar-refractivity contribution is 6.31. The number of phenolic OH excluding ortho intramolecular Hbond substituents is 1. The van der Waals surface area contributed by atoms with Gasteiger partial charge in [0, 0.05) is 53.3 Å². The van der Waals surface area contributed by atoms with Crippen LogP contribution in [0.5, 0.6) is 17.2 Å². The van der Waals surface area contributed by atoms with Gasteiger partial charge in [-0.1, -0.05) is 48.5 Å². The maximum absolute atomic E-state index is 14.9. The average molecular weight is 827 g/mol. The van der Waals surface area contributed by atoms with Crippen molar-refractivity contribution in [3.05, 3.63) is 121 Å². The van der Waals surface area contributed by atoms with Crippen molar-refractivity contribution in [2.45, 2.75) is 89.6 Å². The highest BCUT2D eigenvalue weighted by atomic mass is 16.7. The van der Waals surface area contributed by atoms with Crippen molar-refractivity contribution < 1.29 is 74.2 Å². The van der Waals surface area contributed by atoms with Gasteiger partial charge in [-0.3, -0.25) is 19.2 Å². The smallest absolute Gasteiger partial charge is 0.308 e. The van der Waals surface area contributed by atoms with Crippen LogP contribution in [0, 0.1) is 0 Å². The average Bonchev–Trinajstić information content (AvgIpc) is 3.23. The standard InChI is InChI=1S/C45H46O15/c1-22-39(52)43(56)44(57)45(58-22)60-35-18-32-38(40(53)31(35)16-26-8-4-9-27(19-47)33(26)21-49)42(55)36-28(20-48)17-34(59-23(2)50)30(37(36)41(32)54)12-11-24-6-3-7-25(14-24)15-29(51)10-5-13-46/h3-4,6-9,11-12,14,17-18,21-22,29,39,43-48,51-53,56-57H,5,10,13,15-16,19-20H2,1-2H3/t22-,29-,39-,43-,44-,45-/m1/s1. The molecular formula is C45H46O15. The van der Waals surface area contributed by atoms with Gasteiger partial charge in [0.15, 0.2) is 17.9 Å². The van der Waals surface area contributed by atoms with Crippen molar-refractivity contribution in [1.82, 2.24) is 0 Å². The van der Waals surface area contributed by atoms with Gasteiger partial charge >= 0.3 is 5.97 Å². The Labute approximate surface area is 344 Å². The molecule has 316 valence electrons. The first-order valence-corrected chi connectivity index (χ1v) is 19.3. The summed E-state index contributed by atoms with van der Waals surface area (Å²) in [6.45, 7) is 1.21. The van der Waals surface area contributed by atoms with Crippen molar-refractivity contribution >= 4 is 36.0 Å². The van der Waals surface area contributed by atoms with E-state index in [1.165, 1.54) is 31.2 Å². The lowest BCUT2D eigenvalue weighted by Crippen LogP contribution is -2.58. The normalized spacial score (nSPS) is 20.4. The van der Waals surface area contributed by atoms with E-state index in [4.69, 9.17) is 19.3 Å². The van der Waals surface area contributed by atoms with Gasteiger partial charge in [-0.05, 0) is 72.2 Å². The molecule has 4 aromatic carbocycles. The van der Waals surface area contributed by atoms with E-state index in [0.29, 0.717) is 31.1 Å². The SMILES string of the molecule is CC(=O)Oc1cc(CO)c2c(c1C=Cc1cccc(C[C@H](O)CCCO)c1)C(=O)c1cc(O[C@H]3O[C@H](C)[C@@H](O)[C@@H](O)[C@H]3O)c(Cc3cccc(CO)c3C=O)c(O)c1C2=O. The summed E-state index contributed by atoms with van der Waals surface area (Å²) in [6, 6.07) is 14.1. The summed E-state index contributed by atoms with van der Waals surface area (Å²) >= 11 is 0. The molecule has 1 fully saturated rings. The molecule has 1 heterocycles. The van der Waals surface area contributed by atoms with Gasteiger partial charge in [0.05, 0.1) is 31.0 Å². The molecule has 6 atom stereocenters. The summed E-state index contributed by atoms with van der Waals surface area (Å²) in [6.07, 6.45) is -4.12. The molecule has 0 amide bonds. The molecule has 15 nitrogen and oxygen atoms in total. The van der Waals surface area contributed by atoms with Crippen LogP contribution in [0.4, 0.5) is 0 Å². The van der Waals surface area contributed by atoms with Gasteiger partial charge < -0.3 is 55.1 Å². The molecule has 0 unspecified atom stereocenters. The maximum atomic E-state index is 14.9. The molecule has 8 N–H and O–H groups in total. The number of ether oxygens (including phenoxy) is 3. The van der Waals surface area contributed by atoms with E-state index in [-0.39, 0.29) is 74.6 Å². The van der Waals surface area contributed by atoms with Crippen LogP contribution in [0.3, 0.4) is 0 Å². The van der Waals surface area contributed by atoms with Crippen LogP contribution in [-0.2, 0) is 35.6 Å². The molecule has 0 saturated carbocycles. The Hall–Kier alpha value is -5.62. The summed E-state index contributed by atoms with van der Waals surface area (Å²) in [5, 5.41) is 83.8. The number of esters is 1. The fraction of sp³-hybridized carbons (Fsp3) is 0.333. The number of aldehydes is 1. The molecule has 1 aliphatic heterocycles. The number of carbonyl (C=O) groups is 4. The fourth-order valence-electron chi connectivity index (χ4n) is 7.62. The van der Waals surface area contributed by atoms with Crippen molar-refractivity contribution in [3.8, 4) is 17.2 Å². The van der Waals surface area contributed by atoms with E-state index in [1.54, 1.807) is 30.3 Å². The third-order valence-corrected chi connectivity index (χ3v) is 10.7. The van der Waals surface area contributed by atoms with Gasteiger partial charge in [0.25, 0.3) is 0 Å². The highest BCUT2D eigenvalue weighted by Crippen LogP contribution is 2.45. The molecule has 4 aromatic rings. The van der Waals surface area contributed by atoms with Crippen LogP contribution in [0.25, 0.3) is 12.2 Å². The summed E-state index contributed by atoms with van der Waals surface area (Å²) in [4.78, 5) is 54.2. The number of benzene rings is 4. The lowest BCUT2D eigenvalue weighted by Gasteiger charge is -2.39. The highest BCUT2D eigenvalue weighted by Gasteiger charge is 2.44. The monoisotopic (exact) mass is 826 g/mol. The zero-order valence-electron chi connectivity index (χ0n) is 32.8. The first-order chi connectivity index (χ1) is 28.7. The molecule has 60 heavy (non-hydrogen) atoms. The minimum Gasteiger partial charge on any atom is -0.507 e. The lowest BCUT2D eigenvalue weighted by molar-refractivity contribution is -0.268. The lowest BCUT2D eigenvalue weighted by atomic mass is 9.77. The predicted molar refractivity (Wildman–Crippen MR) is 214 cm³/mol. The van der Waals surface area contributed by atoms with Crippen molar-refractivity contribution in [3.63, 3.8) is 0 Å². The largest absolute Gasteiger partial charge is 0.507 e. The number of fused-ring (bicyclic) bond motifs is 2. The number of phenols is 1. The van der Waals surface area contributed by atoms with Crippen LogP contribution in [0.1, 0.15) is 108 Å². The van der Waals surface area contributed by atoms with E-state index in [9.17, 15) is 54.9 Å². The van der Waals surface area contributed by atoms with E-state index < -0.39 is 78.9 Å². The Kier molecular flexibility index (Phi) is 13.7. The summed E-state index contributed by atoms with van der Waals surface area (Å²) < 4.78 is 17.3. The number of rotatable bonds is 15. The van der Waals surface area contributed by atoms with Crippen molar-refractivity contribution in [2.24, 2.45) is 0 Å². The molecule has 0 spiro atoms. The van der Waals surface area contributed by atoms with Gasteiger partial charge in [-0.25, -0.2) is 0 Å². The Bertz CT molecular complexity index is 2330. The van der Waals surface area contributed by atoms with Gasteiger partial charge in [0.2, 0.25) is 6.29 Å². The summed E-state index contributed by atoms with van der Waals surface area (Å²) in [7, 11) is 0. The molecule has 15 heteroatoms. The Morgan fingerprint density at radius 3 is 2.23 bits per heavy atom. The molecule has 0 radical (unpaired) electrons. The number of carbonyl (C=O) groups excluding carboxylic acids is 4. The molecular weight excluding hydrogens is 780 g/mol. The maximum Gasteiger partial charge on any atom is 0.308 e. The zero-order valence-corrected chi connectivity index (χ0v) is 32.8. The van der Waals surface area contributed by atoms with Gasteiger partial charge in [0.1, 0.15) is 35.6 Å². The minimum atomic E-state index is -1.83. The molecule has 2 aliphatic rings. The zero-order chi connectivity index (χ0) is 43.4. The van der Waals surface area contributed by atoms with Crippen molar-refractivity contribution in [1.29, 1.82) is 0 Å². The van der Waals surface area contributed by atoms with E-state index in [1.807, 2.05) is 6.07 Å². The third-order valence-electron chi connectivity index (χ3n) is 10.7. The first kappa shape index (κ1) is 43.9. The van der Waals surface area contributed by atoms with E-state index >= 15 is 0 Å². The topological polar surface area (TPSA) is 258 Å². The van der Waals surface area contributed by atoms with Crippen LogP contribution >= 0.6 is 0 Å². The molecule has 1 saturated heterocycles. The van der Waals surface area contributed by atoms with Gasteiger partial charge in [-0.15, -0.1) is 0 Å². The Balaban J connectivity index is 1.53. The van der Waals surface area contributed by atoms with E-state index in [0.717, 1.165) is 18.6 Å². The molecule has 6 rings (SSSR count). The Morgan fingerprint density at radius 1 is 0.833 bits per heavy atom. The second-order valence-electron chi connectivity index (χ2n) is 14.8. The second-order valence-corrected chi connectivity index (χ2v) is 14.8. The second kappa shape index (κ2) is 18.8. The fourth-order valence-corrected chi connectivity index (χ4v) is 7.62. The quantitative estimate of drug-likeness (QED) is 0.0327. The summed E-state index contributed by atoms with van der Waals surface area (Å²) in [5.41, 5.74) is 0.304. The molecule has 0 aromatic heterocycles. The number of hydrogen-bond acceptors (Lipinski definition) is 15. The third kappa shape index (κ3) is 8.80. The summed E-state index contributed by atoms with van der Waals surface area (Å²) in [5.74, 6) is -3.74. The minimum absolute atomic E-state index is 0.0192. The van der Waals surface area contributed by atoms with Crippen LogP contribution in [0.15, 0.2) is 54.6 Å². The number of aliphatic hydroxyl groups is 7. The van der Waals surface area contributed by atoms with Crippen LogP contribution in [0.2, 0.25) is 0 Å². The number of aliphatic hydroxyl groups excluding tert-OH is 7. The Morgan fingerprint density at radius 2 is 1.55 bits per heavy atom. The molecule has 1 aliphatic carbocycles. The first-order valence-electron chi connectivity index (χ1n) is 19.3. The predicted octanol–water partition coefficient (Wildman–Crippen LogP) is 2.53. The van der Waals surface area contributed by atoms with E-state index in [2.05, 4.69) is 0 Å². The van der Waals surface area contributed by atoms with Crippen LogP contribution < -0.4 is 9.47 Å². The number of ketones is 2. The molecule has 0 bridgehead atoms. The number of aromatic hydroxyl groups is 1. The van der Waals surface area contributed by atoms with Gasteiger partial charge in [-0.2, -0.15) is 0 Å². The number of hydrogen-bond donors (Lipinski definition) is 8. The van der Waals surface area contributed by atoms with Crippen LogP contribution in [-0.4, -0.2) is 108 Å².